The van der Waals surface area contributed by atoms with Crippen LogP contribution in [0, 0.1) is 23.5 Å². The lowest BCUT2D eigenvalue weighted by Gasteiger charge is -2.16. The summed E-state index contributed by atoms with van der Waals surface area (Å²) in [7, 11) is 0. The standard InChI is InChI=1S/C13H17F2NO/c1-8(2)5-9(7-16)13(17)11-4-3-10(14)6-12(11)15/h3-4,6,8-9H,5,7,16H2,1-2H3. The monoisotopic (exact) mass is 241 g/mol. The Hall–Kier alpha value is -1.29. The summed E-state index contributed by atoms with van der Waals surface area (Å²) in [4.78, 5) is 12.0. The first kappa shape index (κ1) is 13.8. The number of benzene rings is 1. The average molecular weight is 241 g/mol. The van der Waals surface area contributed by atoms with Crippen molar-refractivity contribution in [1.82, 2.24) is 0 Å². The zero-order valence-corrected chi connectivity index (χ0v) is 10.0. The van der Waals surface area contributed by atoms with Crippen LogP contribution in [-0.2, 0) is 0 Å². The van der Waals surface area contributed by atoms with Crippen LogP contribution in [-0.4, -0.2) is 12.3 Å². The van der Waals surface area contributed by atoms with Crippen molar-refractivity contribution in [2.24, 2.45) is 17.6 Å². The lowest BCUT2D eigenvalue weighted by atomic mass is 9.89. The van der Waals surface area contributed by atoms with Crippen molar-refractivity contribution in [3.63, 3.8) is 0 Å². The van der Waals surface area contributed by atoms with Crippen LogP contribution >= 0.6 is 0 Å². The van der Waals surface area contributed by atoms with Crippen molar-refractivity contribution in [2.75, 3.05) is 6.54 Å². The van der Waals surface area contributed by atoms with E-state index < -0.39 is 17.6 Å². The number of hydrogen-bond acceptors (Lipinski definition) is 2. The molecule has 0 aromatic heterocycles. The third kappa shape index (κ3) is 3.60. The second-order valence-electron chi connectivity index (χ2n) is 4.55. The number of ketones is 1. The Bertz CT molecular complexity index is 404. The lowest BCUT2D eigenvalue weighted by molar-refractivity contribution is 0.0904. The Morgan fingerprint density at radius 1 is 1.35 bits per heavy atom. The van der Waals surface area contributed by atoms with Crippen LogP contribution in [0.5, 0.6) is 0 Å². The molecule has 2 N–H and O–H groups in total. The molecule has 0 aliphatic carbocycles. The summed E-state index contributed by atoms with van der Waals surface area (Å²) in [5.74, 6) is -1.96. The molecule has 0 spiro atoms. The molecule has 0 bridgehead atoms. The van der Waals surface area contributed by atoms with Gasteiger partial charge >= 0.3 is 0 Å². The maximum Gasteiger partial charge on any atom is 0.170 e. The molecule has 0 fully saturated rings. The molecule has 0 heterocycles. The van der Waals surface area contributed by atoms with E-state index in [2.05, 4.69) is 0 Å². The molecule has 94 valence electrons. The predicted molar refractivity (Wildman–Crippen MR) is 62.7 cm³/mol. The van der Waals surface area contributed by atoms with Crippen molar-refractivity contribution in [3.05, 3.63) is 35.4 Å². The highest BCUT2D eigenvalue weighted by atomic mass is 19.1. The highest BCUT2D eigenvalue weighted by Gasteiger charge is 2.22. The van der Waals surface area contributed by atoms with E-state index in [0.29, 0.717) is 12.3 Å². The Morgan fingerprint density at radius 2 is 2.00 bits per heavy atom. The van der Waals surface area contributed by atoms with Gasteiger partial charge in [-0.15, -0.1) is 0 Å². The summed E-state index contributed by atoms with van der Waals surface area (Å²) in [6.45, 7) is 4.11. The Labute approximate surface area is 99.8 Å². The number of Topliss-reactive ketones (excluding diaryl/α,β-unsaturated/α-hetero) is 1. The van der Waals surface area contributed by atoms with Crippen molar-refractivity contribution in [3.8, 4) is 0 Å². The van der Waals surface area contributed by atoms with E-state index in [-0.39, 0.29) is 17.9 Å². The van der Waals surface area contributed by atoms with E-state index in [1.54, 1.807) is 0 Å². The van der Waals surface area contributed by atoms with E-state index in [1.807, 2.05) is 13.8 Å². The molecule has 0 saturated carbocycles. The maximum atomic E-state index is 13.4. The number of carbonyl (C=O) groups excluding carboxylic acids is 1. The van der Waals surface area contributed by atoms with Crippen molar-refractivity contribution >= 4 is 5.78 Å². The van der Waals surface area contributed by atoms with E-state index >= 15 is 0 Å². The van der Waals surface area contributed by atoms with Gasteiger partial charge in [0, 0.05) is 18.5 Å². The topological polar surface area (TPSA) is 43.1 Å². The highest BCUT2D eigenvalue weighted by molar-refractivity contribution is 5.98. The van der Waals surface area contributed by atoms with E-state index in [0.717, 1.165) is 12.1 Å². The van der Waals surface area contributed by atoms with Gasteiger partial charge in [0.05, 0.1) is 5.56 Å². The summed E-state index contributed by atoms with van der Waals surface area (Å²) in [5, 5.41) is 0. The van der Waals surface area contributed by atoms with Gasteiger partial charge < -0.3 is 5.73 Å². The van der Waals surface area contributed by atoms with Gasteiger partial charge in [-0.05, 0) is 24.5 Å². The van der Waals surface area contributed by atoms with Crippen LogP contribution in [0.25, 0.3) is 0 Å². The minimum Gasteiger partial charge on any atom is -0.330 e. The fourth-order valence-corrected chi connectivity index (χ4v) is 1.79. The van der Waals surface area contributed by atoms with Crippen molar-refractivity contribution in [1.29, 1.82) is 0 Å². The van der Waals surface area contributed by atoms with Gasteiger partial charge in [0.25, 0.3) is 0 Å². The van der Waals surface area contributed by atoms with Crippen LogP contribution < -0.4 is 5.73 Å². The smallest absolute Gasteiger partial charge is 0.170 e. The first-order chi connectivity index (χ1) is 7.95. The molecule has 0 aliphatic heterocycles. The van der Waals surface area contributed by atoms with E-state index in [1.165, 1.54) is 6.07 Å². The zero-order chi connectivity index (χ0) is 13.0. The number of halogens is 2. The second-order valence-corrected chi connectivity index (χ2v) is 4.55. The molecule has 1 aromatic rings. The zero-order valence-electron chi connectivity index (χ0n) is 10.0. The first-order valence-corrected chi connectivity index (χ1v) is 5.65. The molecule has 1 unspecified atom stereocenters. The quantitative estimate of drug-likeness (QED) is 0.805. The predicted octanol–water partition coefficient (Wildman–Crippen LogP) is 2.77. The average Bonchev–Trinajstić information content (AvgIpc) is 2.24. The molecule has 0 aliphatic rings. The van der Waals surface area contributed by atoms with Crippen molar-refractivity contribution in [2.45, 2.75) is 20.3 Å². The molecule has 2 nitrogen and oxygen atoms in total. The maximum absolute atomic E-state index is 13.4. The SMILES string of the molecule is CC(C)CC(CN)C(=O)c1ccc(F)cc1F. The molecular weight excluding hydrogens is 224 g/mol. The molecule has 4 heteroatoms. The Morgan fingerprint density at radius 3 is 2.47 bits per heavy atom. The molecular formula is C13H17F2NO. The minimum absolute atomic E-state index is 0.0810. The molecule has 0 saturated heterocycles. The molecule has 0 radical (unpaired) electrons. The Balaban J connectivity index is 2.93. The van der Waals surface area contributed by atoms with Crippen molar-refractivity contribution < 1.29 is 13.6 Å². The van der Waals surface area contributed by atoms with Gasteiger partial charge in [0.1, 0.15) is 11.6 Å². The summed E-state index contributed by atoms with van der Waals surface area (Å²) in [6.07, 6.45) is 0.603. The summed E-state index contributed by atoms with van der Waals surface area (Å²) in [5.41, 5.74) is 5.44. The van der Waals surface area contributed by atoms with Crippen LogP contribution in [0.15, 0.2) is 18.2 Å². The van der Waals surface area contributed by atoms with Gasteiger partial charge in [-0.2, -0.15) is 0 Å². The second kappa shape index (κ2) is 5.87. The number of hydrogen-bond donors (Lipinski definition) is 1. The fourth-order valence-electron chi connectivity index (χ4n) is 1.79. The van der Waals surface area contributed by atoms with E-state index in [4.69, 9.17) is 5.73 Å². The highest BCUT2D eigenvalue weighted by Crippen LogP contribution is 2.19. The van der Waals surface area contributed by atoms with Gasteiger partial charge in [-0.25, -0.2) is 8.78 Å². The van der Waals surface area contributed by atoms with Gasteiger partial charge in [0.15, 0.2) is 5.78 Å². The van der Waals surface area contributed by atoms with E-state index in [9.17, 15) is 13.6 Å². The Kier molecular flexibility index (Phi) is 4.75. The number of rotatable bonds is 5. The molecule has 17 heavy (non-hydrogen) atoms. The van der Waals surface area contributed by atoms with Crippen LogP contribution in [0.1, 0.15) is 30.6 Å². The third-order valence-corrected chi connectivity index (χ3v) is 2.61. The lowest BCUT2D eigenvalue weighted by Crippen LogP contribution is -2.26. The number of nitrogens with two attached hydrogens (primary N) is 1. The van der Waals surface area contributed by atoms with Gasteiger partial charge in [-0.1, -0.05) is 13.8 Å². The minimum atomic E-state index is -0.822. The summed E-state index contributed by atoms with van der Waals surface area (Å²) < 4.78 is 26.2. The largest absolute Gasteiger partial charge is 0.330 e. The molecule has 1 rings (SSSR count). The summed E-state index contributed by atoms with van der Waals surface area (Å²) in [6, 6.07) is 2.98. The first-order valence-electron chi connectivity index (χ1n) is 5.65. The van der Waals surface area contributed by atoms with Crippen LogP contribution in [0.2, 0.25) is 0 Å². The molecule has 0 amide bonds. The van der Waals surface area contributed by atoms with Crippen LogP contribution in [0.4, 0.5) is 8.78 Å². The summed E-state index contributed by atoms with van der Waals surface area (Å²) >= 11 is 0. The van der Waals surface area contributed by atoms with Gasteiger partial charge in [0.2, 0.25) is 0 Å². The van der Waals surface area contributed by atoms with Gasteiger partial charge in [-0.3, -0.25) is 4.79 Å². The fraction of sp³-hybridized carbons (Fsp3) is 0.462. The molecule has 1 atom stereocenters. The van der Waals surface area contributed by atoms with Crippen LogP contribution in [0.3, 0.4) is 0 Å². The number of carbonyl (C=O) groups is 1. The third-order valence-electron chi connectivity index (χ3n) is 2.61. The molecule has 1 aromatic carbocycles. The normalized spacial score (nSPS) is 12.8.